The number of hydrogen-bond acceptors (Lipinski definition) is 5. The number of nitrogens with one attached hydrogen (secondary N) is 2. The quantitative estimate of drug-likeness (QED) is 0.525. The highest BCUT2D eigenvalue weighted by molar-refractivity contribution is 9.10. The first-order valence-electron chi connectivity index (χ1n) is 10.2. The number of carbonyl (C=O) groups is 3. The molecule has 0 radical (unpaired) electrons. The molecule has 0 spiro atoms. The van der Waals surface area contributed by atoms with Crippen LogP contribution in [0.1, 0.15) is 34.2 Å². The number of amides is 4. The van der Waals surface area contributed by atoms with Crippen LogP contribution in [0.4, 0.5) is 4.79 Å². The van der Waals surface area contributed by atoms with E-state index in [9.17, 15) is 14.4 Å². The van der Waals surface area contributed by atoms with E-state index in [0.29, 0.717) is 27.9 Å². The number of ether oxygens (including phenoxy) is 1. The van der Waals surface area contributed by atoms with Crippen molar-refractivity contribution in [3.63, 3.8) is 0 Å². The summed E-state index contributed by atoms with van der Waals surface area (Å²) in [5.74, 6) is 0.0200. The van der Waals surface area contributed by atoms with Gasteiger partial charge in [0.15, 0.2) is 5.54 Å². The number of imide groups is 1. The summed E-state index contributed by atoms with van der Waals surface area (Å²) in [6.45, 7) is 2.25. The van der Waals surface area contributed by atoms with Gasteiger partial charge in [0.1, 0.15) is 17.1 Å². The second kappa shape index (κ2) is 7.37. The third kappa shape index (κ3) is 2.91. The Labute approximate surface area is 192 Å². The van der Waals surface area contributed by atoms with Crippen LogP contribution in [0.5, 0.6) is 5.75 Å². The molecule has 2 aliphatic heterocycles. The number of rotatable bonds is 5. The van der Waals surface area contributed by atoms with Gasteiger partial charge in [-0.1, -0.05) is 25.1 Å². The molecule has 1 aromatic heterocycles. The number of urea groups is 1. The number of carbonyl (C=O) groups excluding carboxylic acids is 3. The SMILES string of the molecule is CCc1cccc2oc(C3(CN4Cc5ccc(OC)c(Br)c5C4=O)NC(=O)NC3=O)cc12. The van der Waals surface area contributed by atoms with Crippen LogP contribution < -0.4 is 15.4 Å². The summed E-state index contributed by atoms with van der Waals surface area (Å²) in [6.07, 6.45) is 0.789. The van der Waals surface area contributed by atoms with Crippen LogP contribution in [0.3, 0.4) is 0 Å². The summed E-state index contributed by atoms with van der Waals surface area (Å²) >= 11 is 3.45. The Morgan fingerprint density at radius 2 is 2.03 bits per heavy atom. The minimum absolute atomic E-state index is 0.0753. The molecule has 164 valence electrons. The molecule has 3 aromatic rings. The van der Waals surface area contributed by atoms with Gasteiger partial charge in [-0.2, -0.15) is 0 Å². The molecule has 1 atom stereocenters. The van der Waals surface area contributed by atoms with Crippen LogP contribution in [0.15, 0.2) is 45.3 Å². The second-order valence-corrected chi connectivity index (χ2v) is 8.68. The zero-order valence-corrected chi connectivity index (χ0v) is 19.0. The van der Waals surface area contributed by atoms with Gasteiger partial charge in [-0.15, -0.1) is 0 Å². The van der Waals surface area contributed by atoms with Crippen molar-refractivity contribution >= 4 is 44.7 Å². The summed E-state index contributed by atoms with van der Waals surface area (Å²) in [5, 5.41) is 5.90. The molecule has 1 unspecified atom stereocenters. The average Bonchev–Trinajstić information content (AvgIpc) is 3.43. The van der Waals surface area contributed by atoms with Crippen molar-refractivity contribution in [2.24, 2.45) is 0 Å². The van der Waals surface area contributed by atoms with Crippen LogP contribution in [0.25, 0.3) is 11.0 Å². The van der Waals surface area contributed by atoms with E-state index in [4.69, 9.17) is 9.15 Å². The van der Waals surface area contributed by atoms with Gasteiger partial charge < -0.3 is 19.4 Å². The fourth-order valence-electron chi connectivity index (χ4n) is 4.46. The summed E-state index contributed by atoms with van der Waals surface area (Å²) < 4.78 is 11.9. The Morgan fingerprint density at radius 1 is 1.22 bits per heavy atom. The number of fused-ring (bicyclic) bond motifs is 2. The topological polar surface area (TPSA) is 101 Å². The van der Waals surface area contributed by atoms with Gasteiger partial charge in [-0.25, -0.2) is 4.79 Å². The first-order chi connectivity index (χ1) is 15.4. The molecule has 32 heavy (non-hydrogen) atoms. The van der Waals surface area contributed by atoms with Crippen molar-refractivity contribution < 1.29 is 23.5 Å². The number of aryl methyl sites for hydroxylation is 1. The third-order valence-electron chi connectivity index (χ3n) is 6.10. The summed E-state index contributed by atoms with van der Waals surface area (Å²) in [4.78, 5) is 40.0. The lowest BCUT2D eigenvalue weighted by atomic mass is 9.94. The van der Waals surface area contributed by atoms with Crippen molar-refractivity contribution in [3.05, 3.63) is 63.3 Å². The lowest BCUT2D eigenvalue weighted by molar-refractivity contribution is -0.125. The van der Waals surface area contributed by atoms with E-state index in [-0.39, 0.29) is 18.2 Å². The van der Waals surface area contributed by atoms with Crippen LogP contribution in [-0.2, 0) is 23.3 Å². The average molecular weight is 498 g/mol. The van der Waals surface area contributed by atoms with E-state index in [1.54, 1.807) is 12.1 Å². The molecule has 8 nitrogen and oxygen atoms in total. The minimum atomic E-state index is -1.53. The highest BCUT2D eigenvalue weighted by Gasteiger charge is 2.53. The van der Waals surface area contributed by atoms with Gasteiger partial charge in [0.05, 0.1) is 23.7 Å². The number of benzene rings is 2. The van der Waals surface area contributed by atoms with Gasteiger partial charge in [-0.3, -0.25) is 14.9 Å². The molecule has 9 heteroatoms. The number of methoxy groups -OCH3 is 1. The van der Waals surface area contributed by atoms with Crippen molar-refractivity contribution in [3.8, 4) is 5.75 Å². The normalized spacial score (nSPS) is 20.0. The molecule has 1 fully saturated rings. The number of nitrogens with zero attached hydrogens (tertiary/aromatic N) is 1. The van der Waals surface area contributed by atoms with Gasteiger partial charge in [0.25, 0.3) is 11.8 Å². The summed E-state index contributed by atoms with van der Waals surface area (Å²) in [6, 6.07) is 10.5. The maximum absolute atomic E-state index is 13.3. The zero-order chi connectivity index (χ0) is 22.6. The molecule has 4 amide bonds. The minimum Gasteiger partial charge on any atom is -0.496 e. The van der Waals surface area contributed by atoms with E-state index in [1.165, 1.54) is 12.0 Å². The predicted octanol–water partition coefficient (Wildman–Crippen LogP) is 3.46. The van der Waals surface area contributed by atoms with E-state index >= 15 is 0 Å². The monoisotopic (exact) mass is 497 g/mol. The molecule has 0 aliphatic carbocycles. The van der Waals surface area contributed by atoms with Gasteiger partial charge in [0.2, 0.25) is 0 Å². The lowest BCUT2D eigenvalue weighted by Gasteiger charge is -2.29. The molecule has 3 heterocycles. The molecular weight excluding hydrogens is 478 g/mol. The molecule has 5 rings (SSSR count). The molecule has 2 N–H and O–H groups in total. The van der Waals surface area contributed by atoms with Crippen molar-refractivity contribution in [2.75, 3.05) is 13.7 Å². The molecular formula is C23H20BrN3O5. The highest BCUT2D eigenvalue weighted by atomic mass is 79.9. The van der Waals surface area contributed by atoms with Crippen molar-refractivity contribution in [1.82, 2.24) is 15.5 Å². The predicted molar refractivity (Wildman–Crippen MR) is 119 cm³/mol. The van der Waals surface area contributed by atoms with Gasteiger partial charge in [0, 0.05) is 11.9 Å². The Morgan fingerprint density at radius 3 is 2.72 bits per heavy atom. The van der Waals surface area contributed by atoms with Crippen molar-refractivity contribution in [1.29, 1.82) is 0 Å². The fourth-order valence-corrected chi connectivity index (χ4v) is 5.18. The van der Waals surface area contributed by atoms with Crippen LogP contribution in [-0.4, -0.2) is 36.4 Å². The maximum atomic E-state index is 13.3. The first kappa shape index (κ1) is 20.6. The number of halogens is 1. The standard InChI is InChI=1S/C23H20BrN3O5/c1-3-12-5-4-6-15-14(12)9-17(32-15)23(21(29)25-22(30)26-23)11-27-10-13-7-8-16(31-2)19(24)18(13)20(27)28/h4-9H,3,10-11H2,1-2H3,(H2,25,26,29,30). The Bertz CT molecular complexity index is 1300. The van der Waals surface area contributed by atoms with E-state index < -0.39 is 17.5 Å². The Hall–Kier alpha value is -3.33. The maximum Gasteiger partial charge on any atom is 0.322 e. The second-order valence-electron chi connectivity index (χ2n) is 7.88. The van der Waals surface area contributed by atoms with E-state index in [0.717, 1.165) is 22.9 Å². The smallest absolute Gasteiger partial charge is 0.322 e. The molecule has 1 saturated heterocycles. The van der Waals surface area contributed by atoms with E-state index in [1.807, 2.05) is 31.2 Å². The number of hydrogen-bond donors (Lipinski definition) is 2. The Kier molecular flexibility index (Phi) is 4.74. The fraction of sp³-hybridized carbons (Fsp3) is 0.261. The lowest BCUT2D eigenvalue weighted by Crippen LogP contribution is -2.52. The molecule has 2 aliphatic rings. The molecule has 0 bridgehead atoms. The van der Waals surface area contributed by atoms with Crippen molar-refractivity contribution in [2.45, 2.75) is 25.4 Å². The van der Waals surface area contributed by atoms with Crippen LogP contribution in [0, 0.1) is 0 Å². The van der Waals surface area contributed by atoms with Gasteiger partial charge in [-0.05, 0) is 51.7 Å². The molecule has 2 aromatic carbocycles. The van der Waals surface area contributed by atoms with Crippen LogP contribution >= 0.6 is 15.9 Å². The van der Waals surface area contributed by atoms with Crippen LogP contribution in [0.2, 0.25) is 0 Å². The first-order valence-corrected chi connectivity index (χ1v) is 11.0. The van der Waals surface area contributed by atoms with E-state index in [2.05, 4.69) is 26.6 Å². The summed E-state index contributed by atoms with van der Waals surface area (Å²) in [7, 11) is 1.53. The molecule has 0 saturated carbocycles. The highest BCUT2D eigenvalue weighted by Crippen LogP contribution is 2.39. The largest absolute Gasteiger partial charge is 0.496 e. The third-order valence-corrected chi connectivity index (χ3v) is 6.89. The van der Waals surface area contributed by atoms with Gasteiger partial charge >= 0.3 is 6.03 Å². The summed E-state index contributed by atoms with van der Waals surface area (Å²) in [5.41, 5.74) is 1.45. The Balaban J connectivity index is 1.57. The zero-order valence-electron chi connectivity index (χ0n) is 17.5. The number of furan rings is 1.